The topological polar surface area (TPSA) is 57.7 Å². The first-order chi connectivity index (χ1) is 9.86. The van der Waals surface area contributed by atoms with E-state index in [1.807, 2.05) is 0 Å². The smallest absolute Gasteiger partial charge is 0.227 e. The number of sulfonamides is 1. The van der Waals surface area contributed by atoms with E-state index in [1.54, 1.807) is 17.0 Å². The van der Waals surface area contributed by atoms with Gasteiger partial charge < -0.3 is 4.90 Å². The predicted octanol–water partition coefficient (Wildman–Crippen LogP) is 0.862. The highest BCUT2D eigenvalue weighted by atomic mass is 32.2. The molecule has 1 fully saturated rings. The summed E-state index contributed by atoms with van der Waals surface area (Å²) in [5, 5.41) is 0. The van der Waals surface area contributed by atoms with E-state index >= 15 is 0 Å². The predicted molar refractivity (Wildman–Crippen MR) is 77.7 cm³/mol. The third-order valence-electron chi connectivity index (χ3n) is 3.52. The summed E-state index contributed by atoms with van der Waals surface area (Å²) in [4.78, 5) is 13.9. The molecule has 1 aromatic carbocycles. The maximum Gasteiger partial charge on any atom is 0.227 e. The van der Waals surface area contributed by atoms with Crippen LogP contribution in [0.15, 0.2) is 24.3 Å². The third kappa shape index (κ3) is 4.50. The van der Waals surface area contributed by atoms with Gasteiger partial charge in [0.1, 0.15) is 5.82 Å². The van der Waals surface area contributed by atoms with Crippen molar-refractivity contribution in [3.63, 3.8) is 0 Å². The second-order valence-corrected chi connectivity index (χ2v) is 7.19. The molecule has 0 aromatic heterocycles. The molecular weight excluding hydrogens is 295 g/mol. The Labute approximate surface area is 124 Å². The van der Waals surface area contributed by atoms with Crippen LogP contribution in [0, 0.1) is 5.82 Å². The molecule has 116 valence electrons. The van der Waals surface area contributed by atoms with Gasteiger partial charge in [-0.1, -0.05) is 12.1 Å². The Hall–Kier alpha value is -1.47. The van der Waals surface area contributed by atoms with E-state index < -0.39 is 10.0 Å². The summed E-state index contributed by atoms with van der Waals surface area (Å²) in [5.41, 5.74) is 0.629. The van der Waals surface area contributed by atoms with Gasteiger partial charge in [-0.25, -0.2) is 17.1 Å². The zero-order valence-corrected chi connectivity index (χ0v) is 12.8. The fourth-order valence-electron chi connectivity index (χ4n) is 2.41. The van der Waals surface area contributed by atoms with E-state index in [0.717, 1.165) is 0 Å². The summed E-state index contributed by atoms with van der Waals surface area (Å²) in [6.45, 7) is 1.65. The number of hydrogen-bond donors (Lipinski definition) is 0. The van der Waals surface area contributed by atoms with E-state index in [-0.39, 0.29) is 18.1 Å². The number of carbonyl (C=O) groups is 1. The second-order valence-electron chi connectivity index (χ2n) is 5.20. The van der Waals surface area contributed by atoms with Gasteiger partial charge in [0, 0.05) is 26.2 Å². The highest BCUT2D eigenvalue weighted by Crippen LogP contribution is 2.10. The summed E-state index contributed by atoms with van der Waals surface area (Å²) in [7, 11) is -3.22. The molecule has 21 heavy (non-hydrogen) atoms. The minimum atomic E-state index is -3.22. The van der Waals surface area contributed by atoms with E-state index in [4.69, 9.17) is 0 Å². The fourth-order valence-corrected chi connectivity index (χ4v) is 3.28. The Balaban J connectivity index is 1.97. The van der Waals surface area contributed by atoms with Crippen molar-refractivity contribution in [1.29, 1.82) is 0 Å². The summed E-state index contributed by atoms with van der Waals surface area (Å²) in [6.07, 6.45) is 1.93. The van der Waals surface area contributed by atoms with Gasteiger partial charge in [-0.2, -0.15) is 0 Å². The van der Waals surface area contributed by atoms with Gasteiger partial charge >= 0.3 is 0 Å². The SMILES string of the molecule is CS(=O)(=O)N1CCCN(C(=O)Cc2cccc(F)c2)CC1. The van der Waals surface area contributed by atoms with Gasteiger partial charge in [-0.05, 0) is 24.1 Å². The lowest BCUT2D eigenvalue weighted by Gasteiger charge is -2.21. The summed E-state index contributed by atoms with van der Waals surface area (Å²) >= 11 is 0. The number of hydrogen-bond acceptors (Lipinski definition) is 3. The Morgan fingerprint density at radius 1 is 1.24 bits per heavy atom. The van der Waals surface area contributed by atoms with Crippen molar-refractivity contribution >= 4 is 15.9 Å². The number of rotatable bonds is 3. The maximum atomic E-state index is 13.1. The van der Waals surface area contributed by atoms with Gasteiger partial charge in [-0.3, -0.25) is 4.79 Å². The molecule has 0 unspecified atom stereocenters. The first-order valence-electron chi connectivity index (χ1n) is 6.83. The van der Waals surface area contributed by atoms with E-state index in [0.29, 0.717) is 38.2 Å². The lowest BCUT2D eigenvalue weighted by atomic mass is 10.1. The van der Waals surface area contributed by atoms with Crippen LogP contribution in [0.2, 0.25) is 0 Å². The van der Waals surface area contributed by atoms with E-state index in [2.05, 4.69) is 0 Å². The zero-order valence-electron chi connectivity index (χ0n) is 12.0. The standard InChI is InChI=1S/C14H19FN2O3S/c1-21(19,20)17-7-3-6-16(8-9-17)14(18)11-12-4-2-5-13(15)10-12/h2,4-5,10H,3,6-9,11H2,1H3. The van der Waals surface area contributed by atoms with Crippen LogP contribution in [0.4, 0.5) is 4.39 Å². The van der Waals surface area contributed by atoms with Crippen LogP contribution in [-0.4, -0.2) is 56.0 Å². The maximum absolute atomic E-state index is 13.1. The molecule has 1 amide bonds. The number of carbonyl (C=O) groups excluding carboxylic acids is 1. The fraction of sp³-hybridized carbons (Fsp3) is 0.500. The van der Waals surface area contributed by atoms with Gasteiger partial charge in [-0.15, -0.1) is 0 Å². The molecule has 1 aliphatic rings. The Bertz CT molecular complexity index is 618. The van der Waals surface area contributed by atoms with Gasteiger partial charge in [0.25, 0.3) is 0 Å². The van der Waals surface area contributed by atoms with Crippen molar-refractivity contribution in [2.45, 2.75) is 12.8 Å². The Morgan fingerprint density at radius 2 is 2.00 bits per heavy atom. The molecule has 1 aliphatic heterocycles. The average Bonchev–Trinajstić information content (AvgIpc) is 2.63. The average molecular weight is 314 g/mol. The molecule has 2 rings (SSSR count). The van der Waals surface area contributed by atoms with Crippen LogP contribution in [0.1, 0.15) is 12.0 Å². The zero-order chi connectivity index (χ0) is 15.5. The van der Waals surface area contributed by atoms with Crippen molar-refractivity contribution in [1.82, 2.24) is 9.21 Å². The van der Waals surface area contributed by atoms with Gasteiger partial charge in [0.2, 0.25) is 15.9 Å². The van der Waals surface area contributed by atoms with Crippen molar-refractivity contribution in [2.24, 2.45) is 0 Å². The third-order valence-corrected chi connectivity index (χ3v) is 4.82. The first kappa shape index (κ1) is 15.9. The quantitative estimate of drug-likeness (QED) is 0.831. The highest BCUT2D eigenvalue weighted by Gasteiger charge is 2.23. The number of benzene rings is 1. The van der Waals surface area contributed by atoms with E-state index in [1.165, 1.54) is 22.7 Å². The van der Waals surface area contributed by atoms with Gasteiger partial charge in [0.05, 0.1) is 12.7 Å². The van der Waals surface area contributed by atoms with Crippen LogP contribution >= 0.6 is 0 Å². The van der Waals surface area contributed by atoms with Crippen LogP contribution in [0.3, 0.4) is 0 Å². The van der Waals surface area contributed by atoms with E-state index in [9.17, 15) is 17.6 Å². The second kappa shape index (κ2) is 6.53. The van der Waals surface area contributed by atoms with Crippen LogP contribution in [0.25, 0.3) is 0 Å². The summed E-state index contributed by atoms with van der Waals surface area (Å²) in [6, 6.07) is 5.97. The minimum absolute atomic E-state index is 0.101. The molecule has 0 aliphatic carbocycles. The first-order valence-corrected chi connectivity index (χ1v) is 8.68. The van der Waals surface area contributed by atoms with Crippen molar-refractivity contribution in [3.05, 3.63) is 35.6 Å². The molecule has 1 heterocycles. The molecule has 0 radical (unpaired) electrons. The molecule has 0 bridgehead atoms. The molecule has 0 atom stereocenters. The monoisotopic (exact) mass is 314 g/mol. The Morgan fingerprint density at radius 3 is 2.67 bits per heavy atom. The molecule has 0 saturated carbocycles. The molecule has 1 saturated heterocycles. The normalized spacial score (nSPS) is 17.5. The minimum Gasteiger partial charge on any atom is -0.341 e. The number of nitrogens with zero attached hydrogens (tertiary/aromatic N) is 2. The molecule has 0 spiro atoms. The van der Waals surface area contributed by atoms with Crippen molar-refractivity contribution in [2.75, 3.05) is 32.4 Å². The molecule has 1 aromatic rings. The largest absolute Gasteiger partial charge is 0.341 e. The van der Waals surface area contributed by atoms with Gasteiger partial charge in [0.15, 0.2) is 0 Å². The van der Waals surface area contributed by atoms with Crippen LogP contribution in [0.5, 0.6) is 0 Å². The molecule has 7 heteroatoms. The number of halogens is 1. The molecular formula is C14H19FN2O3S. The summed E-state index contributed by atoms with van der Waals surface area (Å²) < 4.78 is 37.6. The van der Waals surface area contributed by atoms with Crippen LogP contribution in [-0.2, 0) is 21.2 Å². The molecule has 5 nitrogen and oxygen atoms in total. The Kier molecular flexibility index (Phi) is 4.95. The van der Waals surface area contributed by atoms with Crippen molar-refractivity contribution < 1.29 is 17.6 Å². The lowest BCUT2D eigenvalue weighted by molar-refractivity contribution is -0.130. The highest BCUT2D eigenvalue weighted by molar-refractivity contribution is 7.88. The molecule has 0 N–H and O–H groups in total. The van der Waals surface area contributed by atoms with Crippen molar-refractivity contribution in [3.8, 4) is 0 Å². The summed E-state index contributed by atoms with van der Waals surface area (Å²) in [5.74, 6) is -0.463. The number of amides is 1. The van der Waals surface area contributed by atoms with Crippen LogP contribution < -0.4 is 0 Å². The lowest BCUT2D eigenvalue weighted by Crippen LogP contribution is -2.37.